The van der Waals surface area contributed by atoms with Crippen molar-refractivity contribution in [2.45, 2.75) is 32.8 Å². The molecule has 0 spiro atoms. The Morgan fingerprint density at radius 3 is 2.88 bits per heavy atom. The number of ether oxygens (including phenoxy) is 1. The minimum absolute atomic E-state index is 0.00927. The van der Waals surface area contributed by atoms with Crippen LogP contribution in [0.4, 0.5) is 0 Å². The van der Waals surface area contributed by atoms with Crippen molar-refractivity contribution in [3.8, 4) is 5.75 Å². The first kappa shape index (κ1) is 18.0. The first-order chi connectivity index (χ1) is 11.5. The summed E-state index contributed by atoms with van der Waals surface area (Å²) in [5.74, 6) is 0.634. The molecule has 1 aromatic carbocycles. The van der Waals surface area contributed by atoms with Crippen LogP contribution in [-0.4, -0.2) is 43.0 Å². The highest BCUT2D eigenvalue weighted by atomic mass is 16.5. The molecule has 2 rings (SSSR count). The Hall–Kier alpha value is -2.30. The van der Waals surface area contributed by atoms with Crippen LogP contribution in [-0.2, 0) is 9.59 Å². The minimum Gasteiger partial charge on any atom is -0.491 e. The molecule has 0 bridgehead atoms. The number of carbonyl (C=O) groups is 2. The van der Waals surface area contributed by atoms with Gasteiger partial charge in [0.2, 0.25) is 11.8 Å². The van der Waals surface area contributed by atoms with Crippen molar-refractivity contribution >= 4 is 17.9 Å². The van der Waals surface area contributed by atoms with Crippen LogP contribution in [0.5, 0.6) is 5.75 Å². The van der Waals surface area contributed by atoms with Gasteiger partial charge in [0, 0.05) is 26.2 Å². The van der Waals surface area contributed by atoms with Crippen LogP contribution < -0.4 is 10.1 Å². The van der Waals surface area contributed by atoms with Gasteiger partial charge in [-0.05, 0) is 50.5 Å². The minimum atomic E-state index is -0.108. The Kier molecular flexibility index (Phi) is 6.41. The van der Waals surface area contributed by atoms with Gasteiger partial charge in [-0.2, -0.15) is 0 Å². The lowest BCUT2D eigenvalue weighted by atomic mass is 9.97. The Morgan fingerprint density at radius 1 is 1.38 bits per heavy atom. The van der Waals surface area contributed by atoms with E-state index in [1.165, 1.54) is 0 Å². The number of amides is 2. The molecule has 0 saturated carbocycles. The van der Waals surface area contributed by atoms with Crippen LogP contribution in [0.3, 0.4) is 0 Å². The predicted molar refractivity (Wildman–Crippen MR) is 94.6 cm³/mol. The number of likely N-dealkylation sites (tertiary alicyclic amines) is 1. The maximum Gasteiger partial charge on any atom is 0.246 e. The molecular formula is C19H26N2O3. The summed E-state index contributed by atoms with van der Waals surface area (Å²) in [6.45, 7) is 5.14. The molecule has 1 atom stereocenters. The highest BCUT2D eigenvalue weighted by Gasteiger charge is 2.26. The van der Waals surface area contributed by atoms with Crippen molar-refractivity contribution in [3.63, 3.8) is 0 Å². The van der Waals surface area contributed by atoms with E-state index < -0.39 is 0 Å². The maximum absolute atomic E-state index is 12.4. The smallest absolute Gasteiger partial charge is 0.246 e. The standard InChI is InChI=1S/C19H26N2O3/c1-14(2)24-17-8-4-6-15(12-17)9-10-18(22)21-11-5-7-16(13-21)19(23)20-3/h4,6,8-10,12,14,16H,5,7,11,13H2,1-3H3,(H,20,23)/b10-9+. The fourth-order valence-corrected chi connectivity index (χ4v) is 2.83. The number of hydrogen-bond acceptors (Lipinski definition) is 3. The molecule has 130 valence electrons. The third kappa shape index (κ3) is 5.11. The Morgan fingerprint density at radius 2 is 2.17 bits per heavy atom. The predicted octanol–water partition coefficient (Wildman–Crippen LogP) is 2.47. The summed E-state index contributed by atoms with van der Waals surface area (Å²) in [5, 5.41) is 2.66. The lowest BCUT2D eigenvalue weighted by Crippen LogP contribution is -2.44. The number of nitrogens with one attached hydrogen (secondary N) is 1. The van der Waals surface area contributed by atoms with Gasteiger partial charge in [-0.25, -0.2) is 0 Å². The lowest BCUT2D eigenvalue weighted by Gasteiger charge is -2.31. The average Bonchev–Trinajstić information content (AvgIpc) is 2.58. The first-order valence-electron chi connectivity index (χ1n) is 8.45. The largest absolute Gasteiger partial charge is 0.491 e. The van der Waals surface area contributed by atoms with Crippen LogP contribution in [0.25, 0.3) is 6.08 Å². The van der Waals surface area contributed by atoms with Crippen molar-refractivity contribution < 1.29 is 14.3 Å². The van der Waals surface area contributed by atoms with E-state index in [0.717, 1.165) is 24.2 Å². The van der Waals surface area contributed by atoms with E-state index in [-0.39, 0.29) is 23.8 Å². The van der Waals surface area contributed by atoms with Crippen LogP contribution >= 0.6 is 0 Å². The molecule has 1 saturated heterocycles. The van der Waals surface area contributed by atoms with E-state index in [1.54, 1.807) is 24.1 Å². The summed E-state index contributed by atoms with van der Waals surface area (Å²) in [5.41, 5.74) is 0.918. The summed E-state index contributed by atoms with van der Waals surface area (Å²) < 4.78 is 5.66. The van der Waals surface area contributed by atoms with Crippen molar-refractivity contribution in [1.29, 1.82) is 0 Å². The van der Waals surface area contributed by atoms with Gasteiger partial charge in [0.15, 0.2) is 0 Å². The van der Waals surface area contributed by atoms with E-state index in [9.17, 15) is 9.59 Å². The van der Waals surface area contributed by atoms with Crippen molar-refractivity contribution in [3.05, 3.63) is 35.9 Å². The molecular weight excluding hydrogens is 304 g/mol. The Balaban J connectivity index is 1.98. The molecule has 1 N–H and O–H groups in total. The Labute approximate surface area is 143 Å². The third-order valence-electron chi connectivity index (χ3n) is 4.00. The highest BCUT2D eigenvalue weighted by molar-refractivity contribution is 5.92. The molecule has 5 nitrogen and oxygen atoms in total. The summed E-state index contributed by atoms with van der Waals surface area (Å²) in [4.78, 5) is 25.9. The molecule has 1 aromatic rings. The summed E-state index contributed by atoms with van der Waals surface area (Å²) >= 11 is 0. The summed E-state index contributed by atoms with van der Waals surface area (Å²) in [6.07, 6.45) is 5.16. The number of nitrogens with zero attached hydrogens (tertiary/aromatic N) is 1. The van der Waals surface area contributed by atoms with Crippen molar-refractivity contribution in [2.24, 2.45) is 5.92 Å². The highest BCUT2D eigenvalue weighted by Crippen LogP contribution is 2.18. The zero-order valence-electron chi connectivity index (χ0n) is 14.6. The molecule has 1 unspecified atom stereocenters. The molecule has 0 aromatic heterocycles. The fraction of sp³-hybridized carbons (Fsp3) is 0.474. The summed E-state index contributed by atoms with van der Waals surface area (Å²) in [7, 11) is 1.63. The van der Waals surface area contributed by atoms with Gasteiger partial charge < -0.3 is 15.0 Å². The van der Waals surface area contributed by atoms with Gasteiger partial charge in [-0.1, -0.05) is 12.1 Å². The van der Waals surface area contributed by atoms with Crippen LogP contribution in [0.15, 0.2) is 30.3 Å². The van der Waals surface area contributed by atoms with Crippen molar-refractivity contribution in [1.82, 2.24) is 10.2 Å². The first-order valence-corrected chi connectivity index (χ1v) is 8.45. The molecule has 1 fully saturated rings. The van der Waals surface area contributed by atoms with E-state index in [0.29, 0.717) is 13.1 Å². The van der Waals surface area contributed by atoms with Gasteiger partial charge in [0.25, 0.3) is 0 Å². The second-order valence-electron chi connectivity index (χ2n) is 6.31. The van der Waals surface area contributed by atoms with Gasteiger partial charge >= 0.3 is 0 Å². The van der Waals surface area contributed by atoms with Crippen LogP contribution in [0.1, 0.15) is 32.3 Å². The van der Waals surface area contributed by atoms with E-state index in [1.807, 2.05) is 38.1 Å². The number of piperidine rings is 1. The zero-order chi connectivity index (χ0) is 17.5. The molecule has 24 heavy (non-hydrogen) atoms. The maximum atomic E-state index is 12.4. The molecule has 0 radical (unpaired) electrons. The summed E-state index contributed by atoms with van der Waals surface area (Å²) in [6, 6.07) is 7.65. The quantitative estimate of drug-likeness (QED) is 0.844. The molecule has 1 heterocycles. The Bertz CT molecular complexity index is 610. The fourth-order valence-electron chi connectivity index (χ4n) is 2.83. The molecule has 1 aliphatic rings. The van der Waals surface area contributed by atoms with E-state index in [4.69, 9.17) is 4.74 Å². The third-order valence-corrected chi connectivity index (χ3v) is 4.00. The van der Waals surface area contributed by atoms with E-state index >= 15 is 0 Å². The molecule has 2 amide bonds. The van der Waals surface area contributed by atoms with Gasteiger partial charge in [-0.3, -0.25) is 9.59 Å². The monoisotopic (exact) mass is 330 g/mol. The van der Waals surface area contributed by atoms with Crippen LogP contribution in [0.2, 0.25) is 0 Å². The molecule has 0 aliphatic carbocycles. The number of benzene rings is 1. The molecule has 1 aliphatic heterocycles. The normalized spacial score (nSPS) is 18.0. The zero-order valence-corrected chi connectivity index (χ0v) is 14.6. The SMILES string of the molecule is CNC(=O)C1CCCN(C(=O)/C=C/c2cccc(OC(C)C)c2)C1. The second kappa shape index (κ2) is 8.52. The number of rotatable bonds is 5. The van der Waals surface area contributed by atoms with Gasteiger partial charge in [-0.15, -0.1) is 0 Å². The average molecular weight is 330 g/mol. The lowest BCUT2D eigenvalue weighted by molar-refractivity contribution is -0.131. The van der Waals surface area contributed by atoms with E-state index in [2.05, 4.69) is 5.32 Å². The second-order valence-corrected chi connectivity index (χ2v) is 6.31. The van der Waals surface area contributed by atoms with Crippen molar-refractivity contribution in [2.75, 3.05) is 20.1 Å². The van der Waals surface area contributed by atoms with Crippen LogP contribution in [0, 0.1) is 5.92 Å². The topological polar surface area (TPSA) is 58.6 Å². The number of carbonyl (C=O) groups excluding carboxylic acids is 2. The number of hydrogen-bond donors (Lipinski definition) is 1. The van der Waals surface area contributed by atoms with Gasteiger partial charge in [0.1, 0.15) is 5.75 Å². The van der Waals surface area contributed by atoms with Gasteiger partial charge in [0.05, 0.1) is 12.0 Å². The molecule has 5 heteroatoms.